The van der Waals surface area contributed by atoms with Crippen molar-refractivity contribution in [1.29, 1.82) is 0 Å². The molecule has 2 rings (SSSR count). The number of aryl methyl sites for hydroxylation is 1. The second-order valence-electron chi connectivity index (χ2n) is 3.85. The maximum atomic E-state index is 5.92. The van der Waals surface area contributed by atoms with Gasteiger partial charge >= 0.3 is 0 Å². The fraction of sp³-hybridized carbons (Fsp3) is 0.500. The van der Waals surface area contributed by atoms with Gasteiger partial charge in [-0.1, -0.05) is 18.2 Å². The van der Waals surface area contributed by atoms with Crippen molar-refractivity contribution in [2.24, 2.45) is 0 Å². The van der Waals surface area contributed by atoms with Gasteiger partial charge in [0.05, 0.1) is 0 Å². The third-order valence-corrected chi connectivity index (χ3v) is 2.64. The van der Waals surface area contributed by atoms with E-state index in [1.54, 1.807) is 0 Å². The zero-order valence-corrected chi connectivity index (χ0v) is 8.62. The van der Waals surface area contributed by atoms with Crippen LogP contribution in [-0.2, 0) is 0 Å². The quantitative estimate of drug-likeness (QED) is 0.773. The Morgan fingerprint density at radius 3 is 2.93 bits per heavy atom. The predicted molar refractivity (Wildman–Crippen MR) is 57.7 cm³/mol. The number of benzene rings is 1. The molecule has 14 heavy (non-hydrogen) atoms. The van der Waals surface area contributed by atoms with Crippen molar-refractivity contribution >= 4 is 0 Å². The molecule has 0 aromatic heterocycles. The summed E-state index contributed by atoms with van der Waals surface area (Å²) in [6, 6.07) is 8.20. The molecule has 1 fully saturated rings. The van der Waals surface area contributed by atoms with E-state index in [1.165, 1.54) is 18.4 Å². The molecule has 1 unspecified atom stereocenters. The summed E-state index contributed by atoms with van der Waals surface area (Å²) in [5.41, 5.74) is 1.22. The molecule has 1 aromatic carbocycles. The van der Waals surface area contributed by atoms with Gasteiger partial charge in [0.2, 0.25) is 0 Å². The van der Waals surface area contributed by atoms with Gasteiger partial charge in [-0.25, -0.2) is 0 Å². The van der Waals surface area contributed by atoms with Gasteiger partial charge < -0.3 is 10.1 Å². The topological polar surface area (TPSA) is 21.3 Å². The first-order valence-corrected chi connectivity index (χ1v) is 5.29. The van der Waals surface area contributed by atoms with Gasteiger partial charge in [-0.3, -0.25) is 0 Å². The molecule has 1 heterocycles. The smallest absolute Gasteiger partial charge is 0.122 e. The molecule has 1 N–H and O–H groups in total. The highest BCUT2D eigenvalue weighted by atomic mass is 16.5. The summed E-state index contributed by atoms with van der Waals surface area (Å²) in [6.45, 7) is 4.20. The summed E-state index contributed by atoms with van der Waals surface area (Å²) in [5.74, 6) is 1.03. The molecular formula is C12H17NO. The van der Waals surface area contributed by atoms with E-state index in [0.717, 1.165) is 18.8 Å². The van der Waals surface area contributed by atoms with Crippen molar-refractivity contribution < 1.29 is 4.74 Å². The summed E-state index contributed by atoms with van der Waals surface area (Å²) < 4.78 is 5.92. The van der Waals surface area contributed by atoms with Crippen LogP contribution in [0, 0.1) is 6.92 Å². The normalized spacial score (nSPS) is 21.9. The fourth-order valence-electron chi connectivity index (χ4n) is 1.79. The van der Waals surface area contributed by atoms with Crippen LogP contribution >= 0.6 is 0 Å². The number of hydrogen-bond donors (Lipinski definition) is 1. The molecule has 0 spiro atoms. The Morgan fingerprint density at radius 1 is 1.36 bits per heavy atom. The third-order valence-electron chi connectivity index (χ3n) is 2.64. The molecule has 1 aliphatic heterocycles. The SMILES string of the molecule is Cc1ccccc1OC1CCCNC1. The van der Waals surface area contributed by atoms with Crippen LogP contribution in [0.1, 0.15) is 18.4 Å². The zero-order valence-electron chi connectivity index (χ0n) is 8.62. The van der Waals surface area contributed by atoms with Gasteiger partial charge in [0.25, 0.3) is 0 Å². The lowest BCUT2D eigenvalue weighted by molar-refractivity contribution is 0.166. The zero-order chi connectivity index (χ0) is 9.80. The number of ether oxygens (including phenoxy) is 1. The van der Waals surface area contributed by atoms with Crippen LogP contribution in [0.15, 0.2) is 24.3 Å². The highest BCUT2D eigenvalue weighted by Gasteiger charge is 2.14. The number of para-hydroxylation sites is 1. The van der Waals surface area contributed by atoms with Gasteiger partial charge in [-0.2, -0.15) is 0 Å². The van der Waals surface area contributed by atoms with Gasteiger partial charge in [-0.15, -0.1) is 0 Å². The largest absolute Gasteiger partial charge is 0.489 e. The maximum Gasteiger partial charge on any atom is 0.122 e. The lowest BCUT2D eigenvalue weighted by atomic mass is 10.1. The van der Waals surface area contributed by atoms with Crippen LogP contribution in [0.4, 0.5) is 0 Å². The second kappa shape index (κ2) is 4.47. The van der Waals surface area contributed by atoms with Crippen molar-refractivity contribution in [3.05, 3.63) is 29.8 Å². The number of hydrogen-bond acceptors (Lipinski definition) is 2. The average Bonchev–Trinajstić information content (AvgIpc) is 2.23. The Bertz CT molecular complexity index is 292. The van der Waals surface area contributed by atoms with Gasteiger partial charge in [0.1, 0.15) is 11.9 Å². The Morgan fingerprint density at radius 2 is 2.21 bits per heavy atom. The van der Waals surface area contributed by atoms with Crippen molar-refractivity contribution in [3.63, 3.8) is 0 Å². The molecule has 1 saturated heterocycles. The van der Waals surface area contributed by atoms with Crippen LogP contribution in [0.25, 0.3) is 0 Å². The molecule has 0 bridgehead atoms. The van der Waals surface area contributed by atoms with E-state index in [4.69, 9.17) is 4.74 Å². The Balaban J connectivity index is 1.99. The molecule has 1 atom stereocenters. The van der Waals surface area contributed by atoms with Crippen LogP contribution in [-0.4, -0.2) is 19.2 Å². The van der Waals surface area contributed by atoms with E-state index < -0.39 is 0 Å². The monoisotopic (exact) mass is 191 g/mol. The van der Waals surface area contributed by atoms with Gasteiger partial charge in [-0.05, 0) is 37.9 Å². The summed E-state index contributed by atoms with van der Waals surface area (Å²) in [7, 11) is 0. The Kier molecular flexibility index (Phi) is 3.04. The fourth-order valence-corrected chi connectivity index (χ4v) is 1.79. The van der Waals surface area contributed by atoms with Crippen LogP contribution in [0.5, 0.6) is 5.75 Å². The predicted octanol–water partition coefficient (Wildman–Crippen LogP) is 2.13. The second-order valence-corrected chi connectivity index (χ2v) is 3.85. The van der Waals surface area contributed by atoms with Gasteiger partial charge in [0, 0.05) is 6.54 Å². The highest BCUT2D eigenvalue weighted by molar-refractivity contribution is 5.31. The summed E-state index contributed by atoms with van der Waals surface area (Å²) in [5, 5.41) is 3.35. The first-order valence-electron chi connectivity index (χ1n) is 5.29. The molecule has 0 saturated carbocycles. The minimum atomic E-state index is 0.352. The molecular weight excluding hydrogens is 174 g/mol. The Labute approximate surface area is 85.3 Å². The number of piperidine rings is 1. The van der Waals surface area contributed by atoms with Gasteiger partial charge in [0.15, 0.2) is 0 Å². The van der Waals surface area contributed by atoms with E-state index in [0.29, 0.717) is 6.10 Å². The molecule has 2 heteroatoms. The lowest BCUT2D eigenvalue weighted by Crippen LogP contribution is -2.37. The standard InChI is InChI=1S/C12H17NO/c1-10-5-2-3-7-12(10)14-11-6-4-8-13-9-11/h2-3,5,7,11,13H,4,6,8-9H2,1H3. The van der Waals surface area contributed by atoms with Crippen molar-refractivity contribution in [3.8, 4) is 5.75 Å². The minimum absolute atomic E-state index is 0.352. The highest BCUT2D eigenvalue weighted by Crippen LogP contribution is 2.19. The van der Waals surface area contributed by atoms with Crippen molar-refractivity contribution in [1.82, 2.24) is 5.32 Å². The Hall–Kier alpha value is -1.02. The molecule has 0 amide bonds. The molecule has 76 valence electrons. The number of rotatable bonds is 2. The molecule has 1 aliphatic rings. The minimum Gasteiger partial charge on any atom is -0.489 e. The first-order chi connectivity index (χ1) is 6.86. The summed E-state index contributed by atoms with van der Waals surface area (Å²) in [6.07, 6.45) is 2.74. The number of nitrogens with one attached hydrogen (secondary N) is 1. The lowest BCUT2D eigenvalue weighted by Gasteiger charge is -2.24. The molecule has 0 radical (unpaired) electrons. The maximum absolute atomic E-state index is 5.92. The molecule has 2 nitrogen and oxygen atoms in total. The van der Waals surface area contributed by atoms with Crippen LogP contribution in [0.2, 0.25) is 0 Å². The van der Waals surface area contributed by atoms with E-state index in [1.807, 2.05) is 18.2 Å². The van der Waals surface area contributed by atoms with E-state index in [9.17, 15) is 0 Å². The first kappa shape index (κ1) is 9.53. The van der Waals surface area contributed by atoms with Crippen LogP contribution in [0.3, 0.4) is 0 Å². The summed E-state index contributed by atoms with van der Waals surface area (Å²) >= 11 is 0. The van der Waals surface area contributed by atoms with Crippen molar-refractivity contribution in [2.75, 3.05) is 13.1 Å². The molecule has 0 aliphatic carbocycles. The summed E-state index contributed by atoms with van der Waals surface area (Å²) in [4.78, 5) is 0. The molecule has 1 aromatic rings. The average molecular weight is 191 g/mol. The van der Waals surface area contributed by atoms with E-state index in [2.05, 4.69) is 18.3 Å². The third kappa shape index (κ3) is 2.26. The van der Waals surface area contributed by atoms with Crippen molar-refractivity contribution in [2.45, 2.75) is 25.9 Å². The van der Waals surface area contributed by atoms with E-state index in [-0.39, 0.29) is 0 Å². The van der Waals surface area contributed by atoms with Crippen LogP contribution < -0.4 is 10.1 Å². The van der Waals surface area contributed by atoms with E-state index >= 15 is 0 Å².